The lowest BCUT2D eigenvalue weighted by Gasteiger charge is -2.20. The Labute approximate surface area is 56.0 Å². The second-order valence-corrected chi connectivity index (χ2v) is 3.17. The van der Waals surface area contributed by atoms with Crippen LogP contribution in [0.4, 0.5) is 0 Å². The Morgan fingerprint density at radius 1 is 1.22 bits per heavy atom. The molecule has 0 aromatic rings. The third kappa shape index (κ3) is 0.864. The second-order valence-electron chi connectivity index (χ2n) is 3.17. The quantitative estimate of drug-likeness (QED) is 0.504. The highest BCUT2D eigenvalue weighted by atomic mass is 15.4. The number of hydrazine groups is 1. The Morgan fingerprint density at radius 2 is 2.00 bits per heavy atom. The first kappa shape index (κ1) is 5.69. The van der Waals surface area contributed by atoms with Gasteiger partial charge < -0.3 is 0 Å². The van der Waals surface area contributed by atoms with Crippen molar-refractivity contribution in [3.63, 3.8) is 0 Å². The maximum absolute atomic E-state index is 3.33. The molecule has 2 nitrogen and oxygen atoms in total. The molecule has 1 spiro atoms. The highest BCUT2D eigenvalue weighted by Crippen LogP contribution is 2.34. The predicted octanol–water partition coefficient (Wildman–Crippen LogP) is 0.959. The minimum atomic E-state index is 0.472. The first-order valence-electron chi connectivity index (χ1n) is 3.76. The summed E-state index contributed by atoms with van der Waals surface area (Å²) in [5.74, 6) is 0. The van der Waals surface area contributed by atoms with E-state index in [1.807, 2.05) is 0 Å². The van der Waals surface area contributed by atoms with Gasteiger partial charge in [-0.05, 0) is 19.3 Å². The van der Waals surface area contributed by atoms with Crippen LogP contribution in [0.1, 0.15) is 32.1 Å². The maximum Gasteiger partial charge on any atom is 0.0398 e. The van der Waals surface area contributed by atoms with Crippen molar-refractivity contribution in [3.05, 3.63) is 6.54 Å². The van der Waals surface area contributed by atoms with Gasteiger partial charge in [-0.25, -0.2) is 0 Å². The monoisotopic (exact) mass is 125 g/mol. The lowest BCUT2D eigenvalue weighted by atomic mass is 9.96. The first-order valence-corrected chi connectivity index (χ1v) is 3.76. The molecule has 1 heterocycles. The summed E-state index contributed by atoms with van der Waals surface area (Å²) in [5, 5.41) is 0. The molecule has 1 aliphatic carbocycles. The molecule has 0 aromatic heterocycles. The maximum atomic E-state index is 3.33. The normalized spacial score (nSPS) is 32.0. The van der Waals surface area contributed by atoms with Gasteiger partial charge in [-0.1, -0.05) is 12.8 Å². The van der Waals surface area contributed by atoms with Crippen LogP contribution in [-0.4, -0.2) is 5.54 Å². The van der Waals surface area contributed by atoms with E-state index in [0.29, 0.717) is 5.54 Å². The fourth-order valence-electron chi connectivity index (χ4n) is 1.88. The summed E-state index contributed by atoms with van der Waals surface area (Å²) >= 11 is 0. The minimum absolute atomic E-state index is 0.472. The van der Waals surface area contributed by atoms with Gasteiger partial charge in [0.05, 0.1) is 0 Å². The van der Waals surface area contributed by atoms with Crippen LogP contribution in [0.5, 0.6) is 0 Å². The zero-order valence-electron chi connectivity index (χ0n) is 5.61. The largest absolute Gasteiger partial charge is 0.253 e. The molecule has 2 heteroatoms. The van der Waals surface area contributed by atoms with Gasteiger partial charge >= 0.3 is 0 Å². The summed E-state index contributed by atoms with van der Waals surface area (Å²) in [7, 11) is 0. The fraction of sp³-hybridized carbons (Fsp3) is 0.857. The average molecular weight is 125 g/mol. The van der Waals surface area contributed by atoms with Crippen molar-refractivity contribution in [3.8, 4) is 0 Å². The molecule has 1 saturated heterocycles. The number of hydrogen-bond acceptors (Lipinski definition) is 2. The minimum Gasteiger partial charge on any atom is -0.253 e. The Hall–Kier alpha value is -0.0800. The van der Waals surface area contributed by atoms with Crippen LogP contribution >= 0.6 is 0 Å². The molecule has 2 N–H and O–H groups in total. The smallest absolute Gasteiger partial charge is 0.0398 e. The van der Waals surface area contributed by atoms with Crippen molar-refractivity contribution in [1.82, 2.24) is 10.9 Å². The number of rotatable bonds is 0. The van der Waals surface area contributed by atoms with Crippen LogP contribution in [0.3, 0.4) is 0 Å². The number of hydrogen-bond donors (Lipinski definition) is 2. The van der Waals surface area contributed by atoms with Crippen molar-refractivity contribution in [1.29, 1.82) is 0 Å². The topological polar surface area (TPSA) is 24.1 Å². The van der Waals surface area contributed by atoms with Gasteiger partial charge in [0, 0.05) is 12.1 Å². The number of nitrogens with one attached hydrogen (secondary N) is 2. The average Bonchev–Trinajstić information content (AvgIpc) is 2.45. The van der Waals surface area contributed by atoms with Crippen LogP contribution in [0.2, 0.25) is 0 Å². The van der Waals surface area contributed by atoms with Crippen molar-refractivity contribution in [2.24, 2.45) is 0 Å². The van der Waals surface area contributed by atoms with Crippen molar-refractivity contribution in [2.45, 2.75) is 37.6 Å². The molecule has 2 aliphatic rings. The summed E-state index contributed by atoms with van der Waals surface area (Å²) in [4.78, 5) is 0. The molecule has 2 rings (SSSR count). The van der Waals surface area contributed by atoms with E-state index in [2.05, 4.69) is 17.4 Å². The Balaban J connectivity index is 2.04. The van der Waals surface area contributed by atoms with E-state index in [1.54, 1.807) is 0 Å². The van der Waals surface area contributed by atoms with Gasteiger partial charge in [-0.15, -0.1) is 0 Å². The Bertz CT molecular complexity index is 82.0. The van der Waals surface area contributed by atoms with Crippen LogP contribution in [0.15, 0.2) is 0 Å². The molecule has 1 saturated carbocycles. The molecular weight excluding hydrogens is 112 g/mol. The van der Waals surface area contributed by atoms with Crippen molar-refractivity contribution in [2.75, 3.05) is 0 Å². The summed E-state index contributed by atoms with van der Waals surface area (Å²) in [6, 6.07) is 0. The van der Waals surface area contributed by atoms with E-state index in [4.69, 9.17) is 0 Å². The van der Waals surface area contributed by atoms with Crippen LogP contribution < -0.4 is 10.9 Å². The summed E-state index contributed by atoms with van der Waals surface area (Å²) in [5.41, 5.74) is 6.88. The van der Waals surface area contributed by atoms with Crippen LogP contribution in [0, 0.1) is 6.54 Å². The van der Waals surface area contributed by atoms with Gasteiger partial charge in [-0.2, -0.15) is 0 Å². The summed E-state index contributed by atoms with van der Waals surface area (Å²) < 4.78 is 0. The standard InChI is InChI=1S/C7H13N2/c1-2-4-7(3-1)5-6-8-9-7/h6,8-9H,1-5H2. The third-order valence-corrected chi connectivity index (χ3v) is 2.49. The van der Waals surface area contributed by atoms with E-state index in [-0.39, 0.29) is 0 Å². The molecule has 0 aromatic carbocycles. The molecular formula is C7H13N2. The molecule has 0 atom stereocenters. The van der Waals surface area contributed by atoms with E-state index >= 15 is 0 Å². The Morgan fingerprint density at radius 3 is 2.56 bits per heavy atom. The van der Waals surface area contributed by atoms with E-state index in [1.165, 1.54) is 32.1 Å². The van der Waals surface area contributed by atoms with E-state index < -0.39 is 0 Å². The zero-order valence-corrected chi connectivity index (χ0v) is 5.61. The van der Waals surface area contributed by atoms with Gasteiger partial charge in [-0.3, -0.25) is 10.9 Å². The van der Waals surface area contributed by atoms with Gasteiger partial charge in [0.1, 0.15) is 0 Å². The third-order valence-electron chi connectivity index (χ3n) is 2.49. The molecule has 2 fully saturated rings. The molecule has 0 unspecified atom stereocenters. The van der Waals surface area contributed by atoms with E-state index in [9.17, 15) is 0 Å². The lowest BCUT2D eigenvalue weighted by molar-refractivity contribution is 0.367. The molecule has 9 heavy (non-hydrogen) atoms. The van der Waals surface area contributed by atoms with Gasteiger partial charge in [0.15, 0.2) is 0 Å². The van der Waals surface area contributed by atoms with Gasteiger partial charge in [0.2, 0.25) is 0 Å². The lowest BCUT2D eigenvalue weighted by Crippen LogP contribution is -2.40. The molecule has 1 aliphatic heterocycles. The van der Waals surface area contributed by atoms with Crippen molar-refractivity contribution >= 4 is 0 Å². The highest BCUT2D eigenvalue weighted by molar-refractivity contribution is 4.98. The van der Waals surface area contributed by atoms with Crippen LogP contribution in [0.25, 0.3) is 0 Å². The van der Waals surface area contributed by atoms with Crippen LogP contribution in [-0.2, 0) is 0 Å². The molecule has 0 amide bonds. The SMILES string of the molecule is [CH]1CC2(CCCC2)NN1. The predicted molar refractivity (Wildman–Crippen MR) is 36.4 cm³/mol. The van der Waals surface area contributed by atoms with E-state index in [0.717, 1.165) is 0 Å². The first-order chi connectivity index (χ1) is 4.41. The second kappa shape index (κ2) is 1.96. The van der Waals surface area contributed by atoms with Crippen molar-refractivity contribution < 1.29 is 0 Å². The molecule has 0 bridgehead atoms. The summed E-state index contributed by atoms with van der Waals surface area (Å²) in [6.07, 6.45) is 6.74. The van der Waals surface area contributed by atoms with Gasteiger partial charge in [0.25, 0.3) is 0 Å². The molecule has 51 valence electrons. The Kier molecular flexibility index (Phi) is 1.24. The highest BCUT2D eigenvalue weighted by Gasteiger charge is 2.36. The summed E-state index contributed by atoms with van der Waals surface area (Å²) in [6.45, 7) is 2.13. The zero-order chi connectivity index (χ0) is 6.16. The molecule has 1 radical (unpaired) electrons. The fourth-order valence-corrected chi connectivity index (χ4v) is 1.88.